The second-order valence-corrected chi connectivity index (χ2v) is 8.59. The molecule has 0 bridgehead atoms. The smallest absolute Gasteiger partial charge is 0.344 e. The fourth-order valence-electron chi connectivity index (χ4n) is 4.33. The van der Waals surface area contributed by atoms with E-state index in [1.165, 1.54) is 0 Å². The van der Waals surface area contributed by atoms with Crippen LogP contribution in [0.15, 0.2) is 66.7 Å². The van der Waals surface area contributed by atoms with Crippen LogP contribution in [-0.4, -0.2) is 29.6 Å². The van der Waals surface area contributed by atoms with Gasteiger partial charge in [0, 0.05) is 5.56 Å². The Morgan fingerprint density at radius 1 is 1.03 bits per heavy atom. The zero-order valence-electron chi connectivity index (χ0n) is 18.9. The first-order valence-electron chi connectivity index (χ1n) is 11.2. The number of carbonyl (C=O) groups excluding carboxylic acids is 1. The number of aryl methyl sites for hydroxylation is 3. The lowest BCUT2D eigenvalue weighted by Gasteiger charge is -2.25. The lowest BCUT2D eigenvalue weighted by atomic mass is 9.88. The van der Waals surface area contributed by atoms with E-state index in [0.29, 0.717) is 37.2 Å². The highest BCUT2D eigenvalue weighted by atomic mass is 16.5. The molecule has 0 radical (unpaired) electrons. The van der Waals surface area contributed by atoms with Crippen LogP contribution in [0.5, 0.6) is 11.5 Å². The first kappa shape index (κ1) is 22.6. The first-order valence-corrected chi connectivity index (χ1v) is 11.2. The van der Waals surface area contributed by atoms with Gasteiger partial charge in [-0.25, -0.2) is 4.79 Å². The van der Waals surface area contributed by atoms with Crippen molar-refractivity contribution in [3.05, 3.63) is 94.5 Å². The van der Waals surface area contributed by atoms with E-state index in [1.54, 1.807) is 12.1 Å². The van der Waals surface area contributed by atoms with E-state index in [9.17, 15) is 14.7 Å². The van der Waals surface area contributed by atoms with Crippen LogP contribution >= 0.6 is 0 Å². The molecule has 170 valence electrons. The van der Waals surface area contributed by atoms with Gasteiger partial charge in [-0.1, -0.05) is 48.5 Å². The molecule has 1 N–H and O–H groups in total. The Labute approximate surface area is 194 Å². The summed E-state index contributed by atoms with van der Waals surface area (Å²) in [7, 11) is 0. The maximum absolute atomic E-state index is 13.2. The van der Waals surface area contributed by atoms with Crippen molar-refractivity contribution in [3.8, 4) is 11.5 Å². The van der Waals surface area contributed by atoms with Gasteiger partial charge < -0.3 is 14.6 Å². The van der Waals surface area contributed by atoms with Crippen molar-refractivity contribution < 1.29 is 24.2 Å². The number of hydrogen-bond donors (Lipinski definition) is 1. The second kappa shape index (κ2) is 9.90. The number of rotatable bonds is 8. The Bertz CT molecular complexity index is 1130. The molecule has 0 amide bonds. The van der Waals surface area contributed by atoms with E-state index in [0.717, 1.165) is 28.0 Å². The molecule has 33 heavy (non-hydrogen) atoms. The normalized spacial score (nSPS) is 15.8. The minimum atomic E-state index is -0.997. The van der Waals surface area contributed by atoms with Crippen molar-refractivity contribution in [2.45, 2.75) is 39.2 Å². The second-order valence-electron chi connectivity index (χ2n) is 8.59. The fraction of sp³-hybridized carbons (Fsp3) is 0.286. The first-order chi connectivity index (χ1) is 15.9. The highest BCUT2D eigenvalue weighted by molar-refractivity contribution is 5.99. The topological polar surface area (TPSA) is 72.8 Å². The third-order valence-electron chi connectivity index (χ3n) is 6.07. The van der Waals surface area contributed by atoms with Crippen molar-refractivity contribution in [1.29, 1.82) is 0 Å². The van der Waals surface area contributed by atoms with Gasteiger partial charge in [-0.15, -0.1) is 0 Å². The number of ether oxygens (including phenoxy) is 2. The van der Waals surface area contributed by atoms with Gasteiger partial charge in [0.1, 0.15) is 11.5 Å². The third kappa shape index (κ3) is 5.25. The number of Topliss-reactive ketones (excluding diaryl/α,β-unsaturated/α-hetero) is 1. The lowest BCUT2D eigenvalue weighted by molar-refractivity contribution is -0.145. The molecule has 2 unspecified atom stereocenters. The Morgan fingerprint density at radius 2 is 1.70 bits per heavy atom. The summed E-state index contributed by atoms with van der Waals surface area (Å²) >= 11 is 0. The Hall–Kier alpha value is -3.60. The SMILES string of the molecule is Cc1cc(C(=O)C2COc3ccccc3C2)cc(C)c1OC(CCc1ccccc1)C(=O)O. The van der Waals surface area contributed by atoms with Crippen LogP contribution in [0.2, 0.25) is 0 Å². The molecule has 0 saturated carbocycles. The summed E-state index contributed by atoms with van der Waals surface area (Å²) in [5.74, 6) is 0.150. The number of hydrogen-bond acceptors (Lipinski definition) is 4. The van der Waals surface area contributed by atoms with Gasteiger partial charge in [-0.3, -0.25) is 4.79 Å². The van der Waals surface area contributed by atoms with Gasteiger partial charge in [-0.2, -0.15) is 0 Å². The molecule has 0 aromatic heterocycles. The molecule has 1 aliphatic rings. The molecule has 1 heterocycles. The number of benzene rings is 3. The van der Waals surface area contributed by atoms with Gasteiger partial charge in [-0.05, 0) is 73.6 Å². The minimum absolute atomic E-state index is 0.0288. The van der Waals surface area contributed by atoms with Gasteiger partial charge >= 0.3 is 5.97 Å². The average Bonchev–Trinajstić information content (AvgIpc) is 2.82. The van der Waals surface area contributed by atoms with Crippen LogP contribution in [-0.2, 0) is 17.6 Å². The molecule has 3 aromatic rings. The van der Waals surface area contributed by atoms with Crippen molar-refractivity contribution in [2.75, 3.05) is 6.61 Å². The van der Waals surface area contributed by atoms with Crippen LogP contribution in [0.1, 0.15) is 39.0 Å². The van der Waals surface area contributed by atoms with Crippen molar-refractivity contribution in [2.24, 2.45) is 5.92 Å². The monoisotopic (exact) mass is 444 g/mol. The summed E-state index contributed by atoms with van der Waals surface area (Å²) in [5, 5.41) is 9.69. The van der Waals surface area contributed by atoms with E-state index >= 15 is 0 Å². The van der Waals surface area contributed by atoms with E-state index < -0.39 is 12.1 Å². The number of ketones is 1. The van der Waals surface area contributed by atoms with E-state index in [2.05, 4.69) is 0 Å². The Morgan fingerprint density at radius 3 is 2.39 bits per heavy atom. The minimum Gasteiger partial charge on any atom is -0.493 e. The van der Waals surface area contributed by atoms with Crippen molar-refractivity contribution in [3.63, 3.8) is 0 Å². The van der Waals surface area contributed by atoms with Crippen LogP contribution in [0.25, 0.3) is 0 Å². The lowest BCUT2D eigenvalue weighted by Crippen LogP contribution is -2.29. The number of carbonyl (C=O) groups is 2. The summed E-state index contributed by atoms with van der Waals surface area (Å²) in [6.45, 7) is 4.05. The molecular formula is C28H28O5. The maximum Gasteiger partial charge on any atom is 0.344 e. The number of carboxylic acid groups (broad SMARTS) is 1. The van der Waals surface area contributed by atoms with E-state index in [-0.39, 0.29) is 11.7 Å². The predicted molar refractivity (Wildman–Crippen MR) is 126 cm³/mol. The van der Waals surface area contributed by atoms with Crippen LogP contribution < -0.4 is 9.47 Å². The van der Waals surface area contributed by atoms with Crippen molar-refractivity contribution >= 4 is 11.8 Å². The standard InChI is InChI=1S/C28H28O5/c1-18-14-22(26(29)23-16-21-10-6-7-11-24(21)32-17-23)15-19(2)27(18)33-25(28(30)31)13-12-20-8-4-3-5-9-20/h3-11,14-15,23,25H,12-13,16-17H2,1-2H3,(H,30,31). The molecule has 0 fully saturated rings. The molecule has 1 aliphatic heterocycles. The van der Waals surface area contributed by atoms with Gasteiger partial charge in [0.2, 0.25) is 0 Å². The van der Waals surface area contributed by atoms with E-state index in [4.69, 9.17) is 9.47 Å². The number of fused-ring (bicyclic) bond motifs is 1. The molecule has 0 spiro atoms. The summed E-state index contributed by atoms with van der Waals surface area (Å²) in [6.07, 6.45) is 0.645. The quantitative estimate of drug-likeness (QED) is 0.483. The summed E-state index contributed by atoms with van der Waals surface area (Å²) in [4.78, 5) is 25.0. The highest BCUT2D eigenvalue weighted by Gasteiger charge is 2.28. The highest BCUT2D eigenvalue weighted by Crippen LogP contribution is 2.31. The predicted octanol–water partition coefficient (Wildman–Crippen LogP) is 5.20. The van der Waals surface area contributed by atoms with Crippen molar-refractivity contribution in [1.82, 2.24) is 0 Å². The molecule has 4 rings (SSSR count). The van der Waals surface area contributed by atoms with Gasteiger partial charge in [0.05, 0.1) is 12.5 Å². The maximum atomic E-state index is 13.2. The molecule has 0 saturated heterocycles. The molecule has 3 aromatic carbocycles. The largest absolute Gasteiger partial charge is 0.493 e. The number of carboxylic acids is 1. The molecule has 0 aliphatic carbocycles. The molecule has 5 nitrogen and oxygen atoms in total. The van der Waals surface area contributed by atoms with E-state index in [1.807, 2.05) is 68.4 Å². The van der Waals surface area contributed by atoms with Crippen LogP contribution in [0.4, 0.5) is 0 Å². The Kier molecular flexibility index (Phi) is 6.78. The number of para-hydroxylation sites is 1. The average molecular weight is 445 g/mol. The van der Waals surface area contributed by atoms with Crippen LogP contribution in [0, 0.1) is 19.8 Å². The molecule has 2 atom stereocenters. The zero-order valence-corrected chi connectivity index (χ0v) is 18.9. The van der Waals surface area contributed by atoms with Gasteiger partial charge in [0.15, 0.2) is 11.9 Å². The summed E-state index contributed by atoms with van der Waals surface area (Å²) in [5.41, 5.74) is 4.21. The molecule has 5 heteroatoms. The summed E-state index contributed by atoms with van der Waals surface area (Å²) in [6, 6.07) is 21.1. The molecular weight excluding hydrogens is 416 g/mol. The van der Waals surface area contributed by atoms with Crippen LogP contribution in [0.3, 0.4) is 0 Å². The zero-order chi connectivity index (χ0) is 23.4. The third-order valence-corrected chi connectivity index (χ3v) is 6.07. The fourth-order valence-corrected chi connectivity index (χ4v) is 4.33. The Balaban J connectivity index is 1.48. The summed E-state index contributed by atoms with van der Waals surface area (Å²) < 4.78 is 11.7. The van der Waals surface area contributed by atoms with Gasteiger partial charge in [0.25, 0.3) is 0 Å². The number of aliphatic carboxylic acids is 1.